The molecule has 0 aliphatic heterocycles. The van der Waals surface area contributed by atoms with Crippen LogP contribution in [0.15, 0.2) is 48.5 Å². The van der Waals surface area contributed by atoms with Crippen LogP contribution in [0.4, 0.5) is 23.3 Å². The van der Waals surface area contributed by atoms with Crippen LogP contribution in [0.25, 0.3) is 0 Å². The Hall–Kier alpha value is -2.57. The van der Waals surface area contributed by atoms with Gasteiger partial charge in [0.05, 0.1) is 6.54 Å². The lowest BCUT2D eigenvalue weighted by molar-refractivity contribution is 0.921. The summed E-state index contributed by atoms with van der Waals surface area (Å²) in [6.45, 7) is 0.406. The van der Waals surface area contributed by atoms with Crippen molar-refractivity contribution >= 4 is 46.5 Å². The SMILES string of the molecule is Nc1nc(CNc2ccc(Cl)cc2)nc(Nc2ccc(Cl)cc2)n1. The fraction of sp³-hybridized carbons (Fsp3) is 0.0625. The van der Waals surface area contributed by atoms with E-state index in [0.29, 0.717) is 28.4 Å². The zero-order chi connectivity index (χ0) is 16.9. The first-order chi connectivity index (χ1) is 11.6. The molecule has 3 aromatic rings. The number of nitrogens with zero attached hydrogens (tertiary/aromatic N) is 3. The van der Waals surface area contributed by atoms with Crippen molar-refractivity contribution in [2.45, 2.75) is 6.54 Å². The molecule has 4 N–H and O–H groups in total. The molecule has 122 valence electrons. The summed E-state index contributed by atoms with van der Waals surface area (Å²) < 4.78 is 0. The van der Waals surface area contributed by atoms with Gasteiger partial charge in [-0.15, -0.1) is 0 Å². The van der Waals surface area contributed by atoms with Crippen LogP contribution >= 0.6 is 23.2 Å². The molecule has 0 spiro atoms. The maximum absolute atomic E-state index is 5.87. The van der Waals surface area contributed by atoms with Crippen LogP contribution in [0.2, 0.25) is 10.0 Å². The summed E-state index contributed by atoms with van der Waals surface area (Å²) >= 11 is 11.7. The molecular weight excluding hydrogens is 347 g/mol. The van der Waals surface area contributed by atoms with E-state index in [-0.39, 0.29) is 5.95 Å². The molecule has 0 saturated heterocycles. The highest BCUT2D eigenvalue weighted by molar-refractivity contribution is 6.30. The molecule has 0 radical (unpaired) electrons. The third kappa shape index (κ3) is 4.47. The first-order valence-corrected chi connectivity index (χ1v) is 7.86. The van der Waals surface area contributed by atoms with E-state index in [9.17, 15) is 0 Å². The number of nitrogens with two attached hydrogens (primary N) is 1. The summed E-state index contributed by atoms with van der Waals surface area (Å²) in [5.74, 6) is 1.04. The van der Waals surface area contributed by atoms with E-state index in [1.807, 2.05) is 24.3 Å². The van der Waals surface area contributed by atoms with E-state index in [0.717, 1.165) is 11.4 Å². The maximum Gasteiger partial charge on any atom is 0.232 e. The molecule has 1 aromatic heterocycles. The predicted octanol–water partition coefficient (Wildman–Crippen LogP) is 4.12. The third-order valence-electron chi connectivity index (χ3n) is 3.09. The average molecular weight is 361 g/mol. The van der Waals surface area contributed by atoms with Crippen molar-refractivity contribution in [1.29, 1.82) is 0 Å². The lowest BCUT2D eigenvalue weighted by atomic mass is 10.3. The lowest BCUT2D eigenvalue weighted by Gasteiger charge is -2.09. The summed E-state index contributed by atoms with van der Waals surface area (Å²) in [7, 11) is 0. The molecule has 0 saturated carbocycles. The Morgan fingerprint density at radius 3 is 2.00 bits per heavy atom. The van der Waals surface area contributed by atoms with Gasteiger partial charge in [0.15, 0.2) is 5.82 Å². The van der Waals surface area contributed by atoms with E-state index in [1.165, 1.54) is 0 Å². The molecule has 0 aliphatic rings. The highest BCUT2D eigenvalue weighted by Crippen LogP contribution is 2.18. The predicted molar refractivity (Wildman–Crippen MR) is 97.8 cm³/mol. The number of nitrogens with one attached hydrogen (secondary N) is 2. The van der Waals surface area contributed by atoms with E-state index in [2.05, 4.69) is 25.6 Å². The number of rotatable bonds is 5. The van der Waals surface area contributed by atoms with Gasteiger partial charge in [-0.3, -0.25) is 0 Å². The monoisotopic (exact) mass is 360 g/mol. The van der Waals surface area contributed by atoms with Crippen molar-refractivity contribution in [1.82, 2.24) is 15.0 Å². The Morgan fingerprint density at radius 1 is 0.792 bits per heavy atom. The molecule has 6 nitrogen and oxygen atoms in total. The van der Waals surface area contributed by atoms with Crippen molar-refractivity contribution in [2.24, 2.45) is 0 Å². The summed E-state index contributed by atoms with van der Waals surface area (Å²) in [5, 5.41) is 7.61. The van der Waals surface area contributed by atoms with Gasteiger partial charge in [0.1, 0.15) is 0 Å². The molecule has 0 aliphatic carbocycles. The van der Waals surface area contributed by atoms with Gasteiger partial charge >= 0.3 is 0 Å². The van der Waals surface area contributed by atoms with Crippen molar-refractivity contribution < 1.29 is 0 Å². The number of hydrogen-bond acceptors (Lipinski definition) is 6. The van der Waals surface area contributed by atoms with Crippen LogP contribution in [-0.4, -0.2) is 15.0 Å². The smallest absolute Gasteiger partial charge is 0.232 e. The molecule has 3 rings (SSSR count). The van der Waals surface area contributed by atoms with E-state index in [4.69, 9.17) is 28.9 Å². The molecule has 0 bridgehead atoms. The van der Waals surface area contributed by atoms with Crippen LogP contribution in [0.3, 0.4) is 0 Å². The van der Waals surface area contributed by atoms with Crippen molar-refractivity contribution in [3.63, 3.8) is 0 Å². The Bertz CT molecular complexity index is 821. The Balaban J connectivity index is 1.71. The number of aromatic nitrogens is 3. The standard InChI is InChI=1S/C16H14Cl2N6/c17-10-1-5-12(6-2-10)20-9-14-22-15(19)24-16(23-14)21-13-7-3-11(18)4-8-13/h1-8,20H,9H2,(H3,19,21,22,23,24). The minimum absolute atomic E-state index is 0.148. The quantitative estimate of drug-likeness (QED) is 0.634. The number of nitrogen functional groups attached to an aromatic ring is 1. The van der Waals surface area contributed by atoms with Crippen LogP contribution in [0.1, 0.15) is 5.82 Å². The second-order valence-corrected chi connectivity index (χ2v) is 5.80. The number of benzene rings is 2. The second-order valence-electron chi connectivity index (χ2n) is 4.93. The number of hydrogen-bond donors (Lipinski definition) is 3. The van der Waals surface area contributed by atoms with Gasteiger partial charge in [-0.2, -0.15) is 15.0 Å². The van der Waals surface area contributed by atoms with E-state index < -0.39 is 0 Å². The molecule has 24 heavy (non-hydrogen) atoms. The first kappa shape index (κ1) is 16.3. The van der Waals surface area contributed by atoms with Gasteiger partial charge in [-0.25, -0.2) is 0 Å². The maximum atomic E-state index is 5.87. The van der Waals surface area contributed by atoms with Crippen molar-refractivity contribution in [2.75, 3.05) is 16.4 Å². The molecule has 0 fully saturated rings. The molecule has 2 aromatic carbocycles. The lowest BCUT2D eigenvalue weighted by Crippen LogP contribution is -2.10. The fourth-order valence-corrected chi connectivity index (χ4v) is 2.24. The largest absolute Gasteiger partial charge is 0.378 e. The van der Waals surface area contributed by atoms with Gasteiger partial charge in [0, 0.05) is 21.4 Å². The normalized spacial score (nSPS) is 10.4. The molecule has 8 heteroatoms. The minimum atomic E-state index is 0.148. The minimum Gasteiger partial charge on any atom is -0.378 e. The second kappa shape index (κ2) is 7.33. The highest BCUT2D eigenvalue weighted by Gasteiger charge is 2.05. The van der Waals surface area contributed by atoms with E-state index >= 15 is 0 Å². The molecule has 0 atom stereocenters. The Morgan fingerprint density at radius 2 is 1.38 bits per heavy atom. The molecule has 1 heterocycles. The van der Waals surface area contributed by atoms with Crippen LogP contribution in [0, 0.1) is 0 Å². The van der Waals surface area contributed by atoms with Gasteiger partial charge in [-0.05, 0) is 48.5 Å². The Kier molecular flexibility index (Phi) is 4.98. The first-order valence-electron chi connectivity index (χ1n) is 7.11. The van der Waals surface area contributed by atoms with Gasteiger partial charge in [0.25, 0.3) is 0 Å². The van der Waals surface area contributed by atoms with Crippen LogP contribution < -0.4 is 16.4 Å². The van der Waals surface area contributed by atoms with Gasteiger partial charge < -0.3 is 16.4 Å². The van der Waals surface area contributed by atoms with E-state index in [1.54, 1.807) is 24.3 Å². The fourth-order valence-electron chi connectivity index (χ4n) is 1.98. The summed E-state index contributed by atoms with van der Waals surface area (Å²) in [4.78, 5) is 12.6. The van der Waals surface area contributed by atoms with Gasteiger partial charge in [-0.1, -0.05) is 23.2 Å². The topological polar surface area (TPSA) is 88.8 Å². The highest BCUT2D eigenvalue weighted by atomic mass is 35.5. The van der Waals surface area contributed by atoms with Crippen molar-refractivity contribution in [3.05, 3.63) is 64.4 Å². The summed E-state index contributed by atoms with van der Waals surface area (Å²) in [5.41, 5.74) is 7.47. The van der Waals surface area contributed by atoms with Crippen LogP contribution in [-0.2, 0) is 6.54 Å². The zero-order valence-corrected chi connectivity index (χ0v) is 14.0. The summed E-state index contributed by atoms with van der Waals surface area (Å²) in [6.07, 6.45) is 0. The van der Waals surface area contributed by atoms with Crippen LogP contribution in [0.5, 0.6) is 0 Å². The number of halogens is 2. The molecular formula is C16H14Cl2N6. The number of anilines is 4. The molecule has 0 unspecified atom stereocenters. The summed E-state index contributed by atoms with van der Waals surface area (Å²) in [6, 6.07) is 14.6. The molecule has 0 amide bonds. The average Bonchev–Trinajstić information content (AvgIpc) is 2.56. The Labute approximate surface area is 149 Å². The zero-order valence-electron chi connectivity index (χ0n) is 12.5. The van der Waals surface area contributed by atoms with Crippen molar-refractivity contribution in [3.8, 4) is 0 Å². The van der Waals surface area contributed by atoms with Gasteiger partial charge in [0.2, 0.25) is 11.9 Å². The third-order valence-corrected chi connectivity index (χ3v) is 3.60.